The third-order valence-electron chi connectivity index (χ3n) is 2.97. The van der Waals surface area contributed by atoms with Crippen LogP contribution in [0.5, 0.6) is 0 Å². The van der Waals surface area contributed by atoms with Gasteiger partial charge in [0.25, 0.3) is 0 Å². The SMILES string of the molecule is CCN(CC)C(=O)CN(Cc1ccccn1)C(C)=O. The van der Waals surface area contributed by atoms with Gasteiger partial charge in [0.05, 0.1) is 12.2 Å². The van der Waals surface area contributed by atoms with Crippen LogP contribution in [0.25, 0.3) is 0 Å². The summed E-state index contributed by atoms with van der Waals surface area (Å²) in [5.41, 5.74) is 0.782. The zero-order valence-electron chi connectivity index (χ0n) is 11.8. The van der Waals surface area contributed by atoms with Gasteiger partial charge in [-0.3, -0.25) is 14.6 Å². The van der Waals surface area contributed by atoms with Crippen molar-refractivity contribution in [1.29, 1.82) is 0 Å². The number of nitrogens with zero attached hydrogens (tertiary/aromatic N) is 3. The molecule has 0 unspecified atom stereocenters. The van der Waals surface area contributed by atoms with Crippen LogP contribution in [0.3, 0.4) is 0 Å². The Labute approximate surface area is 114 Å². The maximum atomic E-state index is 12.0. The van der Waals surface area contributed by atoms with E-state index in [1.54, 1.807) is 11.1 Å². The van der Waals surface area contributed by atoms with Crippen molar-refractivity contribution >= 4 is 11.8 Å². The fraction of sp³-hybridized carbons (Fsp3) is 0.500. The topological polar surface area (TPSA) is 53.5 Å². The van der Waals surface area contributed by atoms with Crippen LogP contribution < -0.4 is 0 Å². The summed E-state index contributed by atoms with van der Waals surface area (Å²) in [6.45, 7) is 7.11. The molecule has 0 bridgehead atoms. The molecule has 1 aromatic heterocycles. The van der Waals surface area contributed by atoms with Gasteiger partial charge in [0.15, 0.2) is 0 Å². The normalized spacial score (nSPS) is 10.1. The molecule has 0 N–H and O–H groups in total. The Morgan fingerprint density at radius 2 is 1.84 bits per heavy atom. The van der Waals surface area contributed by atoms with Crippen LogP contribution in [-0.4, -0.2) is 46.2 Å². The van der Waals surface area contributed by atoms with Crippen molar-refractivity contribution in [2.75, 3.05) is 19.6 Å². The number of hydrogen-bond donors (Lipinski definition) is 0. The van der Waals surface area contributed by atoms with Gasteiger partial charge in [-0.05, 0) is 26.0 Å². The van der Waals surface area contributed by atoms with Crippen molar-refractivity contribution in [3.05, 3.63) is 30.1 Å². The molecule has 0 spiro atoms. The van der Waals surface area contributed by atoms with Gasteiger partial charge < -0.3 is 9.80 Å². The molecular formula is C14H21N3O2. The molecule has 5 heteroatoms. The summed E-state index contributed by atoms with van der Waals surface area (Å²) < 4.78 is 0. The zero-order valence-corrected chi connectivity index (χ0v) is 11.8. The maximum absolute atomic E-state index is 12.0. The molecule has 104 valence electrons. The van der Waals surface area contributed by atoms with E-state index in [1.807, 2.05) is 32.0 Å². The molecule has 0 saturated heterocycles. The number of amides is 2. The van der Waals surface area contributed by atoms with E-state index in [2.05, 4.69) is 4.98 Å². The average Bonchev–Trinajstić information content (AvgIpc) is 2.40. The Bertz CT molecular complexity index is 416. The summed E-state index contributed by atoms with van der Waals surface area (Å²) in [5, 5.41) is 0. The van der Waals surface area contributed by atoms with E-state index in [-0.39, 0.29) is 18.4 Å². The van der Waals surface area contributed by atoms with Gasteiger partial charge in [-0.1, -0.05) is 6.07 Å². The fourth-order valence-electron chi connectivity index (χ4n) is 1.81. The smallest absolute Gasteiger partial charge is 0.242 e. The van der Waals surface area contributed by atoms with Gasteiger partial charge in [-0.2, -0.15) is 0 Å². The Morgan fingerprint density at radius 3 is 2.32 bits per heavy atom. The minimum atomic E-state index is -0.119. The predicted molar refractivity (Wildman–Crippen MR) is 73.3 cm³/mol. The van der Waals surface area contributed by atoms with E-state index in [9.17, 15) is 9.59 Å². The largest absolute Gasteiger partial charge is 0.342 e. The quantitative estimate of drug-likeness (QED) is 0.777. The summed E-state index contributed by atoms with van der Waals surface area (Å²) in [4.78, 5) is 31.0. The third kappa shape index (κ3) is 4.69. The summed E-state index contributed by atoms with van der Waals surface area (Å²) in [5.74, 6) is -0.151. The lowest BCUT2D eigenvalue weighted by Crippen LogP contribution is -2.41. The zero-order chi connectivity index (χ0) is 14.3. The highest BCUT2D eigenvalue weighted by Crippen LogP contribution is 2.03. The summed E-state index contributed by atoms with van der Waals surface area (Å²) >= 11 is 0. The highest BCUT2D eigenvalue weighted by atomic mass is 16.2. The van der Waals surface area contributed by atoms with Crippen molar-refractivity contribution in [3.63, 3.8) is 0 Å². The van der Waals surface area contributed by atoms with Crippen molar-refractivity contribution in [1.82, 2.24) is 14.8 Å². The second-order valence-electron chi connectivity index (χ2n) is 4.26. The van der Waals surface area contributed by atoms with Gasteiger partial charge in [0, 0.05) is 26.2 Å². The molecule has 0 aromatic carbocycles. The number of likely N-dealkylation sites (N-methyl/N-ethyl adjacent to an activating group) is 1. The number of aromatic nitrogens is 1. The maximum Gasteiger partial charge on any atom is 0.242 e. The molecule has 0 fully saturated rings. The lowest BCUT2D eigenvalue weighted by molar-refractivity contribution is -0.139. The lowest BCUT2D eigenvalue weighted by Gasteiger charge is -2.25. The Hall–Kier alpha value is -1.91. The number of carbonyl (C=O) groups excluding carboxylic acids is 2. The average molecular weight is 263 g/mol. The first kappa shape index (κ1) is 15.1. The molecule has 0 aliphatic carbocycles. The van der Waals surface area contributed by atoms with Gasteiger partial charge in [-0.15, -0.1) is 0 Å². The number of pyridine rings is 1. The third-order valence-corrected chi connectivity index (χ3v) is 2.97. The van der Waals surface area contributed by atoms with Crippen molar-refractivity contribution < 1.29 is 9.59 Å². The second-order valence-corrected chi connectivity index (χ2v) is 4.26. The number of rotatable bonds is 6. The van der Waals surface area contributed by atoms with Gasteiger partial charge >= 0.3 is 0 Å². The molecule has 0 atom stereocenters. The minimum absolute atomic E-state index is 0.0314. The van der Waals surface area contributed by atoms with E-state index in [1.165, 1.54) is 11.8 Å². The molecule has 0 radical (unpaired) electrons. The molecule has 0 aliphatic heterocycles. The number of carbonyl (C=O) groups is 2. The molecule has 1 heterocycles. The van der Waals surface area contributed by atoms with Gasteiger partial charge in [0.1, 0.15) is 6.54 Å². The van der Waals surface area contributed by atoms with Gasteiger partial charge in [-0.25, -0.2) is 0 Å². The minimum Gasteiger partial charge on any atom is -0.342 e. The summed E-state index contributed by atoms with van der Waals surface area (Å²) in [6, 6.07) is 5.54. The van der Waals surface area contributed by atoms with Crippen LogP contribution in [-0.2, 0) is 16.1 Å². The molecule has 1 aromatic rings. The van der Waals surface area contributed by atoms with E-state index in [0.29, 0.717) is 19.6 Å². The van der Waals surface area contributed by atoms with E-state index in [0.717, 1.165) is 5.69 Å². The highest BCUT2D eigenvalue weighted by molar-refractivity contribution is 5.83. The fourth-order valence-corrected chi connectivity index (χ4v) is 1.81. The Kier molecular flexibility index (Phi) is 5.99. The summed E-state index contributed by atoms with van der Waals surface area (Å²) in [6.07, 6.45) is 1.68. The molecule has 0 saturated carbocycles. The second kappa shape index (κ2) is 7.51. The molecular weight excluding hydrogens is 242 g/mol. The van der Waals surface area contributed by atoms with E-state index < -0.39 is 0 Å². The lowest BCUT2D eigenvalue weighted by atomic mass is 10.3. The van der Waals surface area contributed by atoms with Gasteiger partial charge in [0.2, 0.25) is 11.8 Å². The first-order chi connectivity index (χ1) is 9.08. The predicted octanol–water partition coefficient (Wildman–Crippen LogP) is 1.30. The molecule has 5 nitrogen and oxygen atoms in total. The van der Waals surface area contributed by atoms with Crippen LogP contribution in [0.2, 0.25) is 0 Å². The van der Waals surface area contributed by atoms with Crippen LogP contribution in [0.4, 0.5) is 0 Å². The van der Waals surface area contributed by atoms with E-state index >= 15 is 0 Å². The first-order valence-corrected chi connectivity index (χ1v) is 6.51. The molecule has 0 aliphatic rings. The molecule has 19 heavy (non-hydrogen) atoms. The number of hydrogen-bond acceptors (Lipinski definition) is 3. The highest BCUT2D eigenvalue weighted by Gasteiger charge is 2.17. The summed E-state index contributed by atoms with van der Waals surface area (Å²) in [7, 11) is 0. The Morgan fingerprint density at radius 1 is 1.16 bits per heavy atom. The monoisotopic (exact) mass is 263 g/mol. The van der Waals surface area contributed by atoms with Crippen LogP contribution in [0, 0.1) is 0 Å². The van der Waals surface area contributed by atoms with Crippen molar-refractivity contribution in [2.24, 2.45) is 0 Å². The molecule has 1 rings (SSSR count). The van der Waals surface area contributed by atoms with Crippen molar-refractivity contribution in [3.8, 4) is 0 Å². The molecule has 2 amide bonds. The van der Waals surface area contributed by atoms with Crippen molar-refractivity contribution in [2.45, 2.75) is 27.3 Å². The van der Waals surface area contributed by atoms with Crippen LogP contribution >= 0.6 is 0 Å². The standard InChI is InChI=1S/C14H21N3O2/c1-4-16(5-2)14(19)11-17(12(3)18)10-13-8-6-7-9-15-13/h6-9H,4-5,10-11H2,1-3H3. The van der Waals surface area contributed by atoms with Crippen LogP contribution in [0.1, 0.15) is 26.5 Å². The first-order valence-electron chi connectivity index (χ1n) is 6.51. The van der Waals surface area contributed by atoms with E-state index in [4.69, 9.17) is 0 Å². The van der Waals surface area contributed by atoms with Crippen LogP contribution in [0.15, 0.2) is 24.4 Å². The Balaban J connectivity index is 2.69.